The van der Waals surface area contributed by atoms with Gasteiger partial charge in [0.05, 0.1) is 22.7 Å². The molecular weight excluding hydrogens is 238 g/mol. The van der Waals surface area contributed by atoms with E-state index in [1.807, 2.05) is 6.92 Å². The van der Waals surface area contributed by atoms with Crippen molar-refractivity contribution in [3.8, 4) is 10.6 Å². The maximum Gasteiger partial charge on any atom is 0.358 e. The first kappa shape index (κ1) is 11.7. The van der Waals surface area contributed by atoms with E-state index in [9.17, 15) is 4.79 Å². The summed E-state index contributed by atoms with van der Waals surface area (Å²) in [6, 6.07) is 0. The van der Waals surface area contributed by atoms with Crippen LogP contribution >= 0.6 is 11.3 Å². The predicted octanol–water partition coefficient (Wildman–Crippen LogP) is 2.09. The molecule has 0 radical (unpaired) electrons. The summed E-state index contributed by atoms with van der Waals surface area (Å²) >= 11 is 1.41. The summed E-state index contributed by atoms with van der Waals surface area (Å²) in [5.41, 5.74) is 0.955. The summed E-state index contributed by atoms with van der Waals surface area (Å²) in [5, 5.41) is 0.800. The molecule has 0 aliphatic rings. The first-order chi connectivity index (χ1) is 8.22. The van der Waals surface area contributed by atoms with Gasteiger partial charge in [-0.2, -0.15) is 0 Å². The van der Waals surface area contributed by atoms with Crippen LogP contribution in [0.5, 0.6) is 0 Å². The minimum Gasteiger partial charge on any atom is -0.461 e. The van der Waals surface area contributed by atoms with Crippen LogP contribution in [0.15, 0.2) is 18.6 Å². The smallest absolute Gasteiger partial charge is 0.358 e. The number of aromatic nitrogens is 3. The fourth-order valence-electron chi connectivity index (χ4n) is 1.35. The number of thiazole rings is 1. The second kappa shape index (κ2) is 5.01. The van der Waals surface area contributed by atoms with Gasteiger partial charge in [-0.1, -0.05) is 0 Å². The number of hydrogen-bond donors (Lipinski definition) is 0. The third-order valence-corrected chi connectivity index (χ3v) is 2.99. The number of rotatable bonds is 3. The molecule has 0 spiro atoms. The normalized spacial score (nSPS) is 10.2. The lowest BCUT2D eigenvalue weighted by atomic mass is 10.3. The van der Waals surface area contributed by atoms with Crippen molar-refractivity contribution < 1.29 is 9.53 Å². The highest BCUT2D eigenvalue weighted by Crippen LogP contribution is 2.28. The summed E-state index contributed by atoms with van der Waals surface area (Å²) in [6.07, 6.45) is 4.77. The molecule has 0 aliphatic heterocycles. The summed E-state index contributed by atoms with van der Waals surface area (Å²) in [4.78, 5) is 24.8. The van der Waals surface area contributed by atoms with Crippen LogP contribution in [0.2, 0.25) is 0 Å². The lowest BCUT2D eigenvalue weighted by Gasteiger charge is -2.00. The van der Waals surface area contributed by atoms with Crippen LogP contribution < -0.4 is 0 Å². The number of carbonyl (C=O) groups excluding carboxylic acids is 1. The second-order valence-electron chi connectivity index (χ2n) is 3.22. The van der Waals surface area contributed by atoms with Crippen molar-refractivity contribution in [3.63, 3.8) is 0 Å². The number of nitrogens with zero attached hydrogens (tertiary/aromatic N) is 3. The van der Waals surface area contributed by atoms with Crippen LogP contribution in [0, 0.1) is 6.92 Å². The van der Waals surface area contributed by atoms with Crippen LogP contribution in [0.25, 0.3) is 10.6 Å². The zero-order valence-corrected chi connectivity index (χ0v) is 10.3. The van der Waals surface area contributed by atoms with Crippen LogP contribution in [0.3, 0.4) is 0 Å². The maximum absolute atomic E-state index is 11.7. The minimum absolute atomic E-state index is 0.315. The molecule has 17 heavy (non-hydrogen) atoms. The predicted molar refractivity (Wildman–Crippen MR) is 63.8 cm³/mol. The molecule has 0 aliphatic carbocycles. The Balaban J connectivity index is 2.44. The van der Waals surface area contributed by atoms with Crippen LogP contribution in [-0.2, 0) is 4.74 Å². The Bertz CT molecular complexity index is 525. The summed E-state index contributed by atoms with van der Waals surface area (Å²) in [7, 11) is 0. The van der Waals surface area contributed by atoms with Crippen molar-refractivity contribution in [3.05, 3.63) is 29.3 Å². The Morgan fingerprint density at radius 1 is 1.47 bits per heavy atom. The molecule has 6 heteroatoms. The summed E-state index contributed by atoms with van der Waals surface area (Å²) in [6.45, 7) is 3.93. The molecule has 0 unspecified atom stereocenters. The molecular formula is C11H11N3O2S. The fraction of sp³-hybridized carbons (Fsp3) is 0.273. The Morgan fingerprint density at radius 3 is 2.94 bits per heavy atom. The Hall–Kier alpha value is -1.82. The molecule has 2 rings (SSSR count). The number of esters is 1. The van der Waals surface area contributed by atoms with Crippen molar-refractivity contribution in [2.24, 2.45) is 0 Å². The highest BCUT2D eigenvalue weighted by molar-refractivity contribution is 7.15. The zero-order valence-electron chi connectivity index (χ0n) is 9.51. The van der Waals surface area contributed by atoms with Crippen LogP contribution in [0.1, 0.15) is 22.4 Å². The number of carbonyl (C=O) groups is 1. The Labute approximate surface area is 103 Å². The first-order valence-electron chi connectivity index (χ1n) is 5.13. The number of aryl methyl sites for hydroxylation is 1. The van der Waals surface area contributed by atoms with Crippen molar-refractivity contribution in [1.29, 1.82) is 0 Å². The van der Waals surface area contributed by atoms with E-state index in [2.05, 4.69) is 15.0 Å². The van der Waals surface area contributed by atoms with Gasteiger partial charge in [-0.05, 0) is 13.8 Å². The van der Waals surface area contributed by atoms with E-state index < -0.39 is 5.97 Å². The molecule has 0 amide bonds. The van der Waals surface area contributed by atoms with Gasteiger partial charge < -0.3 is 4.74 Å². The second-order valence-corrected chi connectivity index (χ2v) is 4.42. The molecule has 5 nitrogen and oxygen atoms in total. The Kier molecular flexibility index (Phi) is 3.43. The third kappa shape index (κ3) is 2.47. The molecule has 0 atom stereocenters. The van der Waals surface area contributed by atoms with Crippen molar-refractivity contribution in [2.75, 3.05) is 6.61 Å². The van der Waals surface area contributed by atoms with Crippen LogP contribution in [0.4, 0.5) is 0 Å². The van der Waals surface area contributed by atoms with E-state index in [-0.39, 0.29) is 0 Å². The maximum atomic E-state index is 11.7. The van der Waals surface area contributed by atoms with Crippen LogP contribution in [-0.4, -0.2) is 27.5 Å². The van der Waals surface area contributed by atoms with Crippen molar-refractivity contribution >= 4 is 17.3 Å². The van der Waals surface area contributed by atoms with E-state index in [0.29, 0.717) is 22.9 Å². The average molecular weight is 249 g/mol. The van der Waals surface area contributed by atoms with E-state index in [1.54, 1.807) is 25.5 Å². The van der Waals surface area contributed by atoms with E-state index in [1.165, 1.54) is 11.3 Å². The first-order valence-corrected chi connectivity index (χ1v) is 5.95. The van der Waals surface area contributed by atoms with E-state index in [0.717, 1.165) is 5.01 Å². The van der Waals surface area contributed by atoms with E-state index >= 15 is 0 Å². The lowest BCUT2D eigenvalue weighted by molar-refractivity contribution is 0.0521. The zero-order chi connectivity index (χ0) is 12.3. The lowest BCUT2D eigenvalue weighted by Crippen LogP contribution is -2.06. The molecule has 0 saturated carbocycles. The van der Waals surface area contributed by atoms with Gasteiger partial charge in [0.2, 0.25) is 0 Å². The number of ether oxygens (including phenoxy) is 1. The molecule has 0 saturated heterocycles. The van der Waals surface area contributed by atoms with Gasteiger partial charge in [-0.25, -0.2) is 9.78 Å². The molecule has 0 bridgehead atoms. The summed E-state index contributed by atoms with van der Waals surface area (Å²) in [5.74, 6) is -0.419. The average Bonchev–Trinajstić information content (AvgIpc) is 2.73. The van der Waals surface area contributed by atoms with Gasteiger partial charge in [0.25, 0.3) is 0 Å². The van der Waals surface area contributed by atoms with Crippen molar-refractivity contribution in [2.45, 2.75) is 13.8 Å². The Morgan fingerprint density at radius 2 is 2.29 bits per heavy atom. The molecule has 0 N–H and O–H groups in total. The summed E-state index contributed by atoms with van der Waals surface area (Å²) < 4.78 is 4.96. The molecule has 88 valence electrons. The van der Waals surface area contributed by atoms with Gasteiger partial charge in [0, 0.05) is 12.4 Å². The molecule has 0 aromatic carbocycles. The van der Waals surface area contributed by atoms with Gasteiger partial charge in [0.1, 0.15) is 5.69 Å². The SMILES string of the molecule is CCOC(=O)c1nc(C)sc1-c1cnccn1. The van der Waals surface area contributed by atoms with Gasteiger partial charge in [0.15, 0.2) is 5.69 Å². The molecule has 2 aromatic rings. The highest BCUT2D eigenvalue weighted by Gasteiger charge is 2.20. The quantitative estimate of drug-likeness (QED) is 0.779. The molecule has 2 aromatic heterocycles. The highest BCUT2D eigenvalue weighted by atomic mass is 32.1. The van der Waals surface area contributed by atoms with Gasteiger partial charge in [-0.3, -0.25) is 9.97 Å². The standard InChI is InChI=1S/C11H11N3O2S/c1-3-16-11(15)9-10(17-7(2)14-9)8-6-12-4-5-13-8/h4-6H,3H2,1-2H3. The fourth-order valence-corrected chi connectivity index (χ4v) is 2.22. The minimum atomic E-state index is -0.419. The topological polar surface area (TPSA) is 65.0 Å². The van der Waals surface area contributed by atoms with Gasteiger partial charge >= 0.3 is 5.97 Å². The van der Waals surface area contributed by atoms with Crippen molar-refractivity contribution in [1.82, 2.24) is 15.0 Å². The monoisotopic (exact) mass is 249 g/mol. The third-order valence-electron chi connectivity index (χ3n) is 2.00. The molecule has 2 heterocycles. The van der Waals surface area contributed by atoms with Gasteiger partial charge in [-0.15, -0.1) is 11.3 Å². The number of hydrogen-bond acceptors (Lipinski definition) is 6. The molecule has 0 fully saturated rings. The largest absolute Gasteiger partial charge is 0.461 e. The van der Waals surface area contributed by atoms with E-state index in [4.69, 9.17) is 4.74 Å².